The van der Waals surface area contributed by atoms with Crippen LogP contribution in [0, 0.1) is 5.41 Å². The first-order valence-electron chi connectivity index (χ1n) is 8.80. The number of nitrogens with zero attached hydrogens (tertiary/aromatic N) is 3. The van der Waals surface area contributed by atoms with E-state index in [0.29, 0.717) is 10.6 Å². The first-order valence-corrected chi connectivity index (χ1v) is 8.80. The highest BCUT2D eigenvalue weighted by Gasteiger charge is 2.47. The zero-order chi connectivity index (χ0) is 20.1. The van der Waals surface area contributed by atoms with E-state index in [1.807, 2.05) is 0 Å². The van der Waals surface area contributed by atoms with Crippen molar-refractivity contribution < 1.29 is 24.6 Å². The van der Waals surface area contributed by atoms with Gasteiger partial charge in [-0.2, -0.15) is 0 Å². The van der Waals surface area contributed by atoms with E-state index in [2.05, 4.69) is 15.3 Å². The lowest BCUT2D eigenvalue weighted by atomic mass is 9.84. The molecular formula is C19H22N4O5. The highest BCUT2D eigenvalue weighted by Crippen LogP contribution is 2.33. The Labute approximate surface area is 161 Å². The van der Waals surface area contributed by atoms with E-state index < -0.39 is 29.4 Å². The second-order valence-corrected chi connectivity index (χ2v) is 6.98. The predicted octanol–water partition coefficient (Wildman–Crippen LogP) is 0.504. The van der Waals surface area contributed by atoms with E-state index in [9.17, 15) is 19.9 Å². The summed E-state index contributed by atoms with van der Waals surface area (Å²) in [5, 5.41) is 24.1. The van der Waals surface area contributed by atoms with Gasteiger partial charge in [-0.15, -0.1) is 0 Å². The number of hydrogen-bond donors (Lipinski definition) is 3. The molecule has 2 amide bonds. The molecule has 1 fully saturated rings. The number of aliphatic hydroxyl groups is 1. The maximum atomic E-state index is 12.3. The second-order valence-electron chi connectivity index (χ2n) is 6.98. The van der Waals surface area contributed by atoms with Crippen molar-refractivity contribution in [3.8, 4) is 0 Å². The Bertz CT molecular complexity index is 820. The summed E-state index contributed by atoms with van der Waals surface area (Å²) in [7, 11) is 0. The minimum atomic E-state index is -0.993. The van der Waals surface area contributed by atoms with Crippen LogP contribution >= 0.6 is 0 Å². The van der Waals surface area contributed by atoms with Crippen molar-refractivity contribution in [3.63, 3.8) is 0 Å². The molecule has 0 saturated carbocycles. The third kappa shape index (κ3) is 4.33. The minimum Gasteiger partial charge on any atom is -0.390 e. The molecule has 9 heteroatoms. The monoisotopic (exact) mass is 386 g/mol. The maximum absolute atomic E-state index is 12.3. The first kappa shape index (κ1) is 19.9. The van der Waals surface area contributed by atoms with Crippen LogP contribution in [0.4, 0.5) is 0 Å². The molecule has 1 aromatic carbocycles. The molecule has 3 atom stereocenters. The van der Waals surface area contributed by atoms with Crippen molar-refractivity contribution in [2.75, 3.05) is 19.7 Å². The van der Waals surface area contributed by atoms with Gasteiger partial charge in [-0.05, 0) is 12.1 Å². The highest BCUT2D eigenvalue weighted by atomic mass is 16.5. The van der Waals surface area contributed by atoms with E-state index in [4.69, 9.17) is 4.74 Å². The summed E-state index contributed by atoms with van der Waals surface area (Å²) in [6, 6.07) is 8.37. The third-order valence-electron chi connectivity index (χ3n) is 4.72. The van der Waals surface area contributed by atoms with E-state index in [1.54, 1.807) is 37.3 Å². The molecule has 9 nitrogen and oxygen atoms in total. The average Bonchev–Trinajstić information content (AvgIpc) is 3.00. The fraction of sp³-hybridized carbons (Fsp3) is 0.368. The van der Waals surface area contributed by atoms with Crippen molar-refractivity contribution in [1.82, 2.24) is 20.3 Å². The van der Waals surface area contributed by atoms with Crippen LogP contribution in [0.5, 0.6) is 0 Å². The Kier molecular flexibility index (Phi) is 5.98. The Morgan fingerprint density at radius 2 is 2.07 bits per heavy atom. The molecule has 2 heterocycles. The number of rotatable bonds is 6. The summed E-state index contributed by atoms with van der Waals surface area (Å²) in [5.41, 5.74) is -0.385. The largest absolute Gasteiger partial charge is 0.390 e. The van der Waals surface area contributed by atoms with E-state index in [-0.39, 0.29) is 25.4 Å². The number of hydrogen-bond acceptors (Lipinski definition) is 7. The van der Waals surface area contributed by atoms with Gasteiger partial charge in [0.15, 0.2) is 0 Å². The van der Waals surface area contributed by atoms with E-state index in [0.717, 1.165) is 0 Å². The number of aromatic nitrogens is 2. The highest BCUT2D eigenvalue weighted by molar-refractivity contribution is 5.93. The van der Waals surface area contributed by atoms with Gasteiger partial charge in [0.2, 0.25) is 0 Å². The van der Waals surface area contributed by atoms with E-state index in [1.165, 1.54) is 18.6 Å². The molecule has 1 aliphatic rings. The van der Waals surface area contributed by atoms with Gasteiger partial charge in [-0.25, -0.2) is 10.0 Å². The van der Waals surface area contributed by atoms with Crippen molar-refractivity contribution in [2.24, 2.45) is 5.41 Å². The predicted molar refractivity (Wildman–Crippen MR) is 97.5 cm³/mol. The van der Waals surface area contributed by atoms with Crippen LogP contribution in [0.25, 0.3) is 0 Å². The third-order valence-corrected chi connectivity index (χ3v) is 4.72. The van der Waals surface area contributed by atoms with Crippen LogP contribution < -0.4 is 5.32 Å². The Morgan fingerprint density at radius 3 is 2.75 bits per heavy atom. The molecule has 1 aromatic heterocycles. The number of amides is 2. The maximum Gasteiger partial charge on any atom is 0.277 e. The summed E-state index contributed by atoms with van der Waals surface area (Å²) < 4.78 is 5.60. The second kappa shape index (κ2) is 8.42. The lowest BCUT2D eigenvalue weighted by molar-refractivity contribution is -0.0940. The van der Waals surface area contributed by atoms with Crippen LogP contribution in [0.1, 0.15) is 27.8 Å². The summed E-state index contributed by atoms with van der Waals surface area (Å²) in [6.07, 6.45) is 2.54. The van der Waals surface area contributed by atoms with Gasteiger partial charge >= 0.3 is 0 Å². The fourth-order valence-corrected chi connectivity index (χ4v) is 3.08. The lowest BCUT2D eigenvalue weighted by Crippen LogP contribution is -2.47. The molecule has 3 N–H and O–H groups in total. The quantitative estimate of drug-likeness (QED) is 0.488. The summed E-state index contributed by atoms with van der Waals surface area (Å²) in [4.78, 5) is 32.1. The number of aliphatic hydroxyl groups excluding tert-OH is 1. The van der Waals surface area contributed by atoms with Crippen molar-refractivity contribution in [3.05, 3.63) is 60.2 Å². The van der Waals surface area contributed by atoms with Gasteiger partial charge in [0.25, 0.3) is 11.8 Å². The number of carbonyl (C=O) groups excluding carboxylic acids is 2. The van der Waals surface area contributed by atoms with Gasteiger partial charge in [-0.1, -0.05) is 25.1 Å². The molecule has 148 valence electrons. The molecular weight excluding hydrogens is 364 g/mol. The molecule has 0 radical (unpaired) electrons. The van der Waals surface area contributed by atoms with Crippen molar-refractivity contribution >= 4 is 11.8 Å². The van der Waals surface area contributed by atoms with Crippen LogP contribution in [0.15, 0.2) is 48.9 Å². The van der Waals surface area contributed by atoms with Crippen LogP contribution in [-0.4, -0.2) is 69.1 Å². The van der Waals surface area contributed by atoms with Gasteiger partial charge in [-0.3, -0.25) is 19.8 Å². The normalized spacial score (nSPS) is 24.0. The number of nitrogens with one attached hydrogen (secondary N) is 1. The smallest absolute Gasteiger partial charge is 0.277 e. The first-order chi connectivity index (χ1) is 13.4. The summed E-state index contributed by atoms with van der Waals surface area (Å²) in [6.45, 7) is 1.78. The van der Waals surface area contributed by atoms with Gasteiger partial charge in [0, 0.05) is 29.9 Å². The standard InChI is InChI=1S/C19H22N4O5/c1-19(11-23(27)18(26)13-5-3-2-4-6-13)12-28-15(16(19)24)10-22-17(25)14-9-20-7-8-21-14/h2-9,15-16,24,27H,10-12H2,1H3,(H,22,25)/t15-,16-,19-/m1/s1. The van der Waals surface area contributed by atoms with Crippen LogP contribution in [0.3, 0.4) is 0 Å². The van der Waals surface area contributed by atoms with Crippen LogP contribution in [-0.2, 0) is 4.74 Å². The zero-order valence-corrected chi connectivity index (χ0v) is 15.4. The SMILES string of the molecule is C[C@@]1(CN(O)C(=O)c2ccccc2)CO[C@H](CNC(=O)c2cnccn2)[C@H]1O. The molecule has 1 aliphatic heterocycles. The average molecular weight is 386 g/mol. The van der Waals surface area contributed by atoms with E-state index >= 15 is 0 Å². The number of carbonyl (C=O) groups is 2. The topological polar surface area (TPSA) is 125 Å². The number of benzene rings is 1. The molecule has 0 bridgehead atoms. The Balaban J connectivity index is 1.56. The van der Waals surface area contributed by atoms with Crippen molar-refractivity contribution in [1.29, 1.82) is 0 Å². The fourth-order valence-electron chi connectivity index (χ4n) is 3.08. The molecule has 2 aromatic rings. The Hall–Kier alpha value is -2.88. The molecule has 28 heavy (non-hydrogen) atoms. The number of ether oxygens (including phenoxy) is 1. The van der Waals surface area contributed by atoms with Crippen molar-refractivity contribution in [2.45, 2.75) is 19.1 Å². The van der Waals surface area contributed by atoms with Gasteiger partial charge < -0.3 is 15.2 Å². The van der Waals surface area contributed by atoms with Gasteiger partial charge in [0.1, 0.15) is 11.8 Å². The molecule has 1 saturated heterocycles. The van der Waals surface area contributed by atoms with Crippen LogP contribution in [0.2, 0.25) is 0 Å². The molecule has 0 spiro atoms. The molecule has 0 unspecified atom stereocenters. The summed E-state index contributed by atoms with van der Waals surface area (Å²) in [5.74, 6) is -0.992. The lowest BCUT2D eigenvalue weighted by Gasteiger charge is -2.31. The number of hydroxylamine groups is 2. The zero-order valence-electron chi connectivity index (χ0n) is 15.4. The molecule has 0 aliphatic carbocycles. The summed E-state index contributed by atoms with van der Waals surface area (Å²) >= 11 is 0. The minimum absolute atomic E-state index is 0.0597. The Morgan fingerprint density at radius 1 is 1.32 bits per heavy atom. The molecule has 3 rings (SSSR count). The van der Waals surface area contributed by atoms with Gasteiger partial charge in [0.05, 0.1) is 25.5 Å².